The van der Waals surface area contributed by atoms with Crippen LogP contribution in [0.2, 0.25) is 0 Å². The van der Waals surface area contributed by atoms with Crippen molar-refractivity contribution < 1.29 is 4.74 Å². The van der Waals surface area contributed by atoms with Gasteiger partial charge in [0.15, 0.2) is 0 Å². The molecule has 0 fully saturated rings. The van der Waals surface area contributed by atoms with Crippen molar-refractivity contribution in [2.45, 2.75) is 13.0 Å². The first-order chi connectivity index (χ1) is 4.84. The average molecular weight is 142 g/mol. The molecule has 3 nitrogen and oxygen atoms in total. The smallest absolute Gasteiger partial charge is 0.0807 e. The summed E-state index contributed by atoms with van der Waals surface area (Å²) in [6, 6.07) is 0. The summed E-state index contributed by atoms with van der Waals surface area (Å²) in [5.74, 6) is 0.524. The molecule has 0 aromatic carbocycles. The molecular formula is C7H14N2O. The summed E-state index contributed by atoms with van der Waals surface area (Å²) in [5, 5.41) is 0. The Hall–Kier alpha value is -0.540. The lowest BCUT2D eigenvalue weighted by Gasteiger charge is -2.16. The third kappa shape index (κ3) is 1.72. The third-order valence-electron chi connectivity index (χ3n) is 1.73. The van der Waals surface area contributed by atoms with Gasteiger partial charge < -0.3 is 10.2 Å². The van der Waals surface area contributed by atoms with Gasteiger partial charge in [-0.25, -0.2) is 5.43 Å². The predicted octanol–water partition coefficient (Wildman–Crippen LogP) is 0.259. The molecular weight excluding hydrogens is 128 g/mol. The van der Waals surface area contributed by atoms with E-state index in [1.807, 2.05) is 12.3 Å². The first-order valence-electron chi connectivity index (χ1n) is 3.52. The molecule has 10 heavy (non-hydrogen) atoms. The van der Waals surface area contributed by atoms with E-state index in [0.717, 1.165) is 6.54 Å². The average Bonchev–Trinajstić information content (AvgIpc) is 2.13. The molecule has 1 heterocycles. The Morgan fingerprint density at radius 2 is 2.40 bits per heavy atom. The fourth-order valence-corrected chi connectivity index (χ4v) is 1.04. The molecule has 0 saturated carbocycles. The van der Waals surface area contributed by atoms with Crippen molar-refractivity contribution in [1.29, 1.82) is 0 Å². The van der Waals surface area contributed by atoms with E-state index < -0.39 is 0 Å². The summed E-state index contributed by atoms with van der Waals surface area (Å²) in [5.41, 5.74) is 5.98. The quantitative estimate of drug-likeness (QED) is 0.551. The van der Waals surface area contributed by atoms with Crippen molar-refractivity contribution >= 4 is 0 Å². The molecule has 0 radical (unpaired) electrons. The highest BCUT2D eigenvalue weighted by molar-refractivity contribution is 4.92. The fraction of sp³-hybridized carbons (Fsp3) is 0.714. The number of nitrogens with one attached hydrogen (secondary N) is 2. The van der Waals surface area contributed by atoms with Crippen molar-refractivity contribution in [1.82, 2.24) is 10.9 Å². The van der Waals surface area contributed by atoms with E-state index in [1.54, 1.807) is 7.11 Å². The Kier molecular flexibility index (Phi) is 2.71. The molecule has 0 bridgehead atoms. The maximum Gasteiger partial charge on any atom is 0.0807 e. The number of rotatable bonds is 1. The van der Waals surface area contributed by atoms with Gasteiger partial charge >= 0.3 is 0 Å². The van der Waals surface area contributed by atoms with E-state index in [2.05, 4.69) is 17.8 Å². The summed E-state index contributed by atoms with van der Waals surface area (Å²) >= 11 is 0. The molecule has 0 spiro atoms. The van der Waals surface area contributed by atoms with Gasteiger partial charge in [0, 0.05) is 25.8 Å². The second-order valence-electron chi connectivity index (χ2n) is 2.56. The second-order valence-corrected chi connectivity index (χ2v) is 2.56. The maximum absolute atomic E-state index is 5.22. The van der Waals surface area contributed by atoms with E-state index >= 15 is 0 Å². The highest BCUT2D eigenvalue weighted by Crippen LogP contribution is 2.07. The van der Waals surface area contributed by atoms with Crippen LogP contribution in [0, 0.1) is 5.92 Å². The van der Waals surface area contributed by atoms with Crippen LogP contribution in [0.3, 0.4) is 0 Å². The Morgan fingerprint density at radius 3 is 3.10 bits per heavy atom. The van der Waals surface area contributed by atoms with Gasteiger partial charge in [0.05, 0.1) is 6.10 Å². The predicted molar refractivity (Wildman–Crippen MR) is 40.2 cm³/mol. The number of ether oxygens (including phenoxy) is 1. The van der Waals surface area contributed by atoms with Crippen LogP contribution in [-0.2, 0) is 4.74 Å². The summed E-state index contributed by atoms with van der Waals surface area (Å²) in [6.07, 6.45) is 4.13. The minimum absolute atomic E-state index is 0.238. The minimum atomic E-state index is 0.238. The van der Waals surface area contributed by atoms with E-state index in [1.165, 1.54) is 0 Å². The normalized spacial score (nSPS) is 33.0. The lowest BCUT2D eigenvalue weighted by molar-refractivity contribution is 0.0980. The summed E-state index contributed by atoms with van der Waals surface area (Å²) < 4.78 is 5.22. The lowest BCUT2D eigenvalue weighted by atomic mass is 10.1. The Bertz CT molecular complexity index is 125. The molecule has 1 rings (SSSR count). The van der Waals surface area contributed by atoms with Crippen molar-refractivity contribution in [2.24, 2.45) is 5.92 Å². The SMILES string of the molecule is COC1C=CNNC[C@@H]1C. The fourth-order valence-electron chi connectivity index (χ4n) is 1.04. The molecule has 1 aliphatic rings. The molecule has 0 aromatic heterocycles. The zero-order chi connectivity index (χ0) is 7.40. The zero-order valence-electron chi connectivity index (χ0n) is 6.42. The summed E-state index contributed by atoms with van der Waals surface area (Å²) in [4.78, 5) is 0. The minimum Gasteiger partial charge on any atom is -0.377 e. The number of hydrogen-bond acceptors (Lipinski definition) is 3. The number of hydrazine groups is 1. The van der Waals surface area contributed by atoms with Gasteiger partial charge in [0.1, 0.15) is 0 Å². The molecule has 0 saturated heterocycles. The third-order valence-corrected chi connectivity index (χ3v) is 1.73. The van der Waals surface area contributed by atoms with E-state index in [-0.39, 0.29) is 6.10 Å². The maximum atomic E-state index is 5.22. The second kappa shape index (κ2) is 3.58. The van der Waals surface area contributed by atoms with E-state index in [4.69, 9.17) is 4.74 Å². The van der Waals surface area contributed by atoms with Crippen LogP contribution in [0.4, 0.5) is 0 Å². The molecule has 1 unspecified atom stereocenters. The number of methoxy groups -OCH3 is 1. The first kappa shape index (κ1) is 7.57. The molecule has 2 N–H and O–H groups in total. The van der Waals surface area contributed by atoms with Crippen LogP contribution in [0.15, 0.2) is 12.3 Å². The van der Waals surface area contributed by atoms with Gasteiger partial charge in [-0.2, -0.15) is 0 Å². The van der Waals surface area contributed by atoms with Crippen molar-refractivity contribution in [2.75, 3.05) is 13.7 Å². The molecule has 0 aliphatic carbocycles. The largest absolute Gasteiger partial charge is 0.377 e. The van der Waals surface area contributed by atoms with Crippen LogP contribution >= 0.6 is 0 Å². The van der Waals surface area contributed by atoms with Gasteiger partial charge in [-0.15, -0.1) is 0 Å². The summed E-state index contributed by atoms with van der Waals surface area (Å²) in [7, 11) is 1.73. The van der Waals surface area contributed by atoms with Gasteiger partial charge in [0.2, 0.25) is 0 Å². The number of hydrogen-bond donors (Lipinski definition) is 2. The van der Waals surface area contributed by atoms with Crippen LogP contribution in [0.5, 0.6) is 0 Å². The van der Waals surface area contributed by atoms with Crippen LogP contribution in [0.1, 0.15) is 6.92 Å². The highest BCUT2D eigenvalue weighted by Gasteiger charge is 2.14. The lowest BCUT2D eigenvalue weighted by Crippen LogP contribution is -2.32. The summed E-state index contributed by atoms with van der Waals surface area (Å²) in [6.45, 7) is 3.09. The van der Waals surface area contributed by atoms with Gasteiger partial charge in [0.25, 0.3) is 0 Å². The van der Waals surface area contributed by atoms with Crippen molar-refractivity contribution in [3.63, 3.8) is 0 Å². The standard InChI is InChI=1S/C7H14N2O/c1-6-5-9-8-4-3-7(6)10-2/h3-4,6-9H,5H2,1-2H3/t6-,7?/m0/s1. The Balaban J connectivity index is 2.48. The van der Waals surface area contributed by atoms with E-state index in [9.17, 15) is 0 Å². The first-order valence-corrected chi connectivity index (χ1v) is 3.52. The molecule has 1 aliphatic heterocycles. The Morgan fingerprint density at radius 1 is 1.60 bits per heavy atom. The topological polar surface area (TPSA) is 33.3 Å². The molecule has 0 aromatic rings. The molecule has 0 amide bonds. The van der Waals surface area contributed by atoms with Crippen LogP contribution in [0.25, 0.3) is 0 Å². The van der Waals surface area contributed by atoms with Crippen molar-refractivity contribution in [3.05, 3.63) is 12.3 Å². The van der Waals surface area contributed by atoms with E-state index in [0.29, 0.717) is 5.92 Å². The molecule has 2 atom stereocenters. The van der Waals surface area contributed by atoms with Gasteiger partial charge in [-0.05, 0) is 6.08 Å². The van der Waals surface area contributed by atoms with Crippen molar-refractivity contribution in [3.8, 4) is 0 Å². The highest BCUT2D eigenvalue weighted by atomic mass is 16.5. The molecule has 58 valence electrons. The zero-order valence-corrected chi connectivity index (χ0v) is 6.42. The molecule has 3 heteroatoms. The van der Waals surface area contributed by atoms with Gasteiger partial charge in [-0.1, -0.05) is 6.92 Å². The Labute approximate surface area is 61.4 Å². The monoisotopic (exact) mass is 142 g/mol. The van der Waals surface area contributed by atoms with Crippen LogP contribution in [-0.4, -0.2) is 19.8 Å². The van der Waals surface area contributed by atoms with Gasteiger partial charge in [-0.3, -0.25) is 0 Å². The van der Waals surface area contributed by atoms with Crippen LogP contribution < -0.4 is 10.9 Å².